The van der Waals surface area contributed by atoms with Crippen LogP contribution in [0.25, 0.3) is 0 Å². The van der Waals surface area contributed by atoms with Gasteiger partial charge in [-0.05, 0) is 35.7 Å². The van der Waals surface area contributed by atoms with Crippen LogP contribution in [0.15, 0.2) is 133 Å². The molecule has 1 aliphatic rings. The van der Waals surface area contributed by atoms with Crippen molar-refractivity contribution in [2.24, 2.45) is 0 Å². The molecule has 43 heavy (non-hydrogen) atoms. The van der Waals surface area contributed by atoms with Gasteiger partial charge in [0.2, 0.25) is 0 Å². The molecule has 5 atom stereocenters. The standard InChI is InChI=1S/C37H40O5S/c1-3-23-39-34-33(27-38-24-29-13-7-4-8-14-29)42-37(43-32-21-19-28(2)20-22-32)36(41-26-31-17-11-6-12-18-31)35(34)40-25-30-15-9-5-10-16-30/h3-22,33-37H,1,23-27H2,2H3/t33-,34+,35+,36-,37+/m1/s1. The highest BCUT2D eigenvalue weighted by atomic mass is 32.2. The number of hydrogen-bond donors (Lipinski definition) is 0. The Morgan fingerprint density at radius 2 is 1.19 bits per heavy atom. The minimum atomic E-state index is -0.437. The molecule has 0 spiro atoms. The van der Waals surface area contributed by atoms with Gasteiger partial charge >= 0.3 is 0 Å². The van der Waals surface area contributed by atoms with Crippen LogP contribution >= 0.6 is 11.8 Å². The van der Waals surface area contributed by atoms with E-state index in [2.05, 4.69) is 74.2 Å². The fraction of sp³-hybridized carbons (Fsp3) is 0.297. The van der Waals surface area contributed by atoms with E-state index in [4.69, 9.17) is 23.7 Å². The van der Waals surface area contributed by atoms with Gasteiger partial charge in [-0.3, -0.25) is 0 Å². The van der Waals surface area contributed by atoms with Gasteiger partial charge in [-0.1, -0.05) is 127 Å². The Bertz CT molecular complexity index is 1350. The van der Waals surface area contributed by atoms with Gasteiger partial charge in [-0.25, -0.2) is 0 Å². The second kappa shape index (κ2) is 16.6. The molecule has 0 N–H and O–H groups in total. The van der Waals surface area contributed by atoms with E-state index in [0.29, 0.717) is 33.0 Å². The van der Waals surface area contributed by atoms with E-state index in [0.717, 1.165) is 21.6 Å². The maximum atomic E-state index is 6.83. The minimum absolute atomic E-state index is 0.345. The lowest BCUT2D eigenvalue weighted by Gasteiger charge is -2.46. The van der Waals surface area contributed by atoms with Crippen LogP contribution in [0.2, 0.25) is 0 Å². The second-order valence-corrected chi connectivity index (χ2v) is 11.8. The first-order chi connectivity index (χ1) is 21.2. The van der Waals surface area contributed by atoms with Crippen LogP contribution < -0.4 is 0 Å². The summed E-state index contributed by atoms with van der Waals surface area (Å²) in [5.74, 6) is 0. The van der Waals surface area contributed by atoms with Crippen molar-refractivity contribution < 1.29 is 23.7 Å². The van der Waals surface area contributed by atoms with Crippen molar-refractivity contribution in [3.8, 4) is 0 Å². The average molecular weight is 597 g/mol. The van der Waals surface area contributed by atoms with Crippen molar-refractivity contribution in [2.45, 2.75) is 61.5 Å². The topological polar surface area (TPSA) is 46.2 Å². The molecule has 0 aliphatic carbocycles. The molecule has 4 aromatic rings. The third-order valence-electron chi connectivity index (χ3n) is 7.24. The van der Waals surface area contributed by atoms with Crippen molar-refractivity contribution in [1.29, 1.82) is 0 Å². The van der Waals surface area contributed by atoms with Crippen LogP contribution in [0.3, 0.4) is 0 Å². The predicted octanol–water partition coefficient (Wildman–Crippen LogP) is 7.77. The predicted molar refractivity (Wildman–Crippen MR) is 172 cm³/mol. The first-order valence-corrected chi connectivity index (χ1v) is 15.6. The third-order valence-corrected chi connectivity index (χ3v) is 8.39. The summed E-state index contributed by atoms with van der Waals surface area (Å²) in [6.07, 6.45) is 0.0849. The van der Waals surface area contributed by atoms with Crippen molar-refractivity contribution in [2.75, 3.05) is 13.2 Å². The molecule has 224 valence electrons. The van der Waals surface area contributed by atoms with Gasteiger partial charge in [0.1, 0.15) is 29.9 Å². The molecule has 0 unspecified atom stereocenters. The Hall–Kier alpha value is -3.23. The van der Waals surface area contributed by atoms with Gasteiger partial charge in [0.15, 0.2) is 0 Å². The number of hydrogen-bond acceptors (Lipinski definition) is 6. The van der Waals surface area contributed by atoms with Crippen LogP contribution in [0, 0.1) is 6.92 Å². The van der Waals surface area contributed by atoms with E-state index < -0.39 is 18.3 Å². The molecule has 0 saturated carbocycles. The van der Waals surface area contributed by atoms with E-state index in [1.165, 1.54) is 5.56 Å². The summed E-state index contributed by atoms with van der Waals surface area (Å²) >= 11 is 1.64. The monoisotopic (exact) mass is 596 g/mol. The molecule has 4 aromatic carbocycles. The fourth-order valence-corrected chi connectivity index (χ4v) is 6.13. The zero-order chi connectivity index (χ0) is 29.7. The first-order valence-electron chi connectivity index (χ1n) is 14.7. The summed E-state index contributed by atoms with van der Waals surface area (Å²) in [4.78, 5) is 1.10. The van der Waals surface area contributed by atoms with Crippen molar-refractivity contribution >= 4 is 11.8 Å². The Morgan fingerprint density at radius 3 is 1.74 bits per heavy atom. The summed E-state index contributed by atoms with van der Waals surface area (Å²) in [7, 11) is 0. The summed E-state index contributed by atoms with van der Waals surface area (Å²) in [6, 6.07) is 39.0. The summed E-state index contributed by atoms with van der Waals surface area (Å²) in [6.45, 7) is 8.01. The van der Waals surface area contributed by atoms with Crippen LogP contribution in [-0.2, 0) is 43.5 Å². The number of aryl methyl sites for hydroxylation is 1. The van der Waals surface area contributed by atoms with Gasteiger partial charge in [-0.2, -0.15) is 0 Å². The molecule has 0 bridgehead atoms. The van der Waals surface area contributed by atoms with Gasteiger partial charge in [0.05, 0.1) is 33.0 Å². The number of thioether (sulfide) groups is 1. The Kier molecular flexibility index (Phi) is 12.0. The molecule has 5 nitrogen and oxygen atoms in total. The van der Waals surface area contributed by atoms with E-state index in [1.807, 2.05) is 54.6 Å². The Labute approximate surface area is 259 Å². The van der Waals surface area contributed by atoms with Crippen LogP contribution in [0.1, 0.15) is 22.3 Å². The summed E-state index contributed by atoms with van der Waals surface area (Å²) in [5.41, 5.74) is 4.12. The number of rotatable bonds is 15. The highest BCUT2D eigenvalue weighted by molar-refractivity contribution is 7.99. The van der Waals surface area contributed by atoms with Crippen molar-refractivity contribution in [3.05, 3.63) is 150 Å². The highest BCUT2D eigenvalue weighted by Gasteiger charge is 2.48. The van der Waals surface area contributed by atoms with Crippen molar-refractivity contribution in [1.82, 2.24) is 0 Å². The maximum absolute atomic E-state index is 6.83. The second-order valence-electron chi connectivity index (χ2n) is 10.6. The van der Waals surface area contributed by atoms with Gasteiger partial charge in [-0.15, -0.1) is 6.58 Å². The smallest absolute Gasteiger partial charge is 0.137 e. The Morgan fingerprint density at radius 1 is 0.651 bits per heavy atom. The molecule has 6 heteroatoms. The van der Waals surface area contributed by atoms with E-state index >= 15 is 0 Å². The van der Waals surface area contributed by atoms with E-state index in [1.54, 1.807) is 17.8 Å². The Balaban J connectivity index is 1.43. The summed E-state index contributed by atoms with van der Waals surface area (Å²) in [5, 5.41) is 0. The van der Waals surface area contributed by atoms with Gasteiger partial charge in [0.25, 0.3) is 0 Å². The SMILES string of the molecule is C=CCO[C@@H]1[C@H](OCc2ccccc2)[C@@H](OCc2ccccc2)[C@H](Sc2ccc(C)cc2)O[C@@H]1COCc1ccccc1. The van der Waals surface area contributed by atoms with E-state index in [9.17, 15) is 0 Å². The lowest BCUT2D eigenvalue weighted by molar-refractivity contribution is -0.250. The number of benzene rings is 4. The molecular formula is C37H40O5S. The van der Waals surface area contributed by atoms with Crippen LogP contribution in [0.4, 0.5) is 0 Å². The third kappa shape index (κ3) is 9.38. The zero-order valence-corrected chi connectivity index (χ0v) is 25.4. The average Bonchev–Trinajstić information content (AvgIpc) is 3.05. The molecule has 5 rings (SSSR count). The molecule has 0 aromatic heterocycles. The van der Waals surface area contributed by atoms with E-state index in [-0.39, 0.29) is 11.5 Å². The molecule has 1 fully saturated rings. The van der Waals surface area contributed by atoms with Gasteiger partial charge < -0.3 is 23.7 Å². The molecule has 1 saturated heterocycles. The number of ether oxygens (including phenoxy) is 5. The molecular weight excluding hydrogens is 556 g/mol. The molecule has 1 heterocycles. The quantitative estimate of drug-likeness (QED) is 0.131. The van der Waals surface area contributed by atoms with Crippen LogP contribution in [0.5, 0.6) is 0 Å². The lowest BCUT2D eigenvalue weighted by Crippen LogP contribution is -2.60. The largest absolute Gasteiger partial charge is 0.374 e. The fourth-order valence-electron chi connectivity index (χ4n) is 5.01. The lowest BCUT2D eigenvalue weighted by atomic mass is 9.99. The zero-order valence-electron chi connectivity index (χ0n) is 24.6. The molecule has 0 radical (unpaired) electrons. The van der Waals surface area contributed by atoms with Crippen LogP contribution in [-0.4, -0.2) is 43.1 Å². The summed E-state index contributed by atoms with van der Waals surface area (Å²) < 4.78 is 32.9. The molecule has 1 aliphatic heterocycles. The molecule has 0 amide bonds. The van der Waals surface area contributed by atoms with Gasteiger partial charge in [0, 0.05) is 4.90 Å². The first kappa shape index (κ1) is 31.2. The maximum Gasteiger partial charge on any atom is 0.137 e. The normalized spacial score (nSPS) is 21.8. The highest BCUT2D eigenvalue weighted by Crippen LogP contribution is 2.38. The minimum Gasteiger partial charge on any atom is -0.374 e. The van der Waals surface area contributed by atoms with Crippen molar-refractivity contribution in [3.63, 3.8) is 0 Å².